The van der Waals surface area contributed by atoms with E-state index in [1.165, 1.54) is 5.39 Å². The van der Waals surface area contributed by atoms with Crippen LogP contribution in [0.4, 0.5) is 0 Å². The zero-order valence-electron chi connectivity index (χ0n) is 34.3. The molecule has 9 rings (SSSR count). The molecule has 0 saturated carbocycles. The van der Waals surface area contributed by atoms with Crippen LogP contribution in [-0.2, 0) is 0 Å². The van der Waals surface area contributed by atoms with Gasteiger partial charge in [-0.05, 0) is 123 Å². The average Bonchev–Trinajstić information content (AvgIpc) is 3.28. The van der Waals surface area contributed by atoms with E-state index in [-0.39, 0.29) is 43.7 Å². The van der Waals surface area contributed by atoms with Gasteiger partial charge in [-0.25, -0.2) is 0 Å². The molecule has 8 heteroatoms. The summed E-state index contributed by atoms with van der Waals surface area (Å²) in [6.45, 7) is 14.0. The van der Waals surface area contributed by atoms with Gasteiger partial charge < -0.3 is 0 Å². The zero-order valence-corrected chi connectivity index (χ0v) is 34.3. The van der Waals surface area contributed by atoms with Crippen molar-refractivity contribution in [2.45, 2.75) is 34.6 Å². The topological polar surface area (TPSA) is 0 Å². The van der Waals surface area contributed by atoms with E-state index in [4.69, 9.17) is 62.8 Å². The molecular formula is C51H36B8. The molecule has 0 N–H and O–H groups in total. The number of rotatable bonds is 4. The van der Waals surface area contributed by atoms with Crippen molar-refractivity contribution < 1.29 is 0 Å². The highest BCUT2D eigenvalue weighted by Crippen LogP contribution is 2.44. The molecule has 0 unspecified atom stereocenters. The van der Waals surface area contributed by atoms with Gasteiger partial charge in [0, 0.05) is 0 Å². The molecule has 0 fully saturated rings. The summed E-state index contributed by atoms with van der Waals surface area (Å²) in [7, 11) is 55.0. The van der Waals surface area contributed by atoms with Crippen LogP contribution >= 0.6 is 0 Å². The van der Waals surface area contributed by atoms with Gasteiger partial charge in [0.1, 0.15) is 62.8 Å². The van der Waals surface area contributed by atoms with E-state index in [0.717, 1.165) is 60.3 Å². The smallest absolute Gasteiger partial charge is 0.110 e. The molecule has 0 aliphatic rings. The van der Waals surface area contributed by atoms with E-state index in [0.29, 0.717) is 32.7 Å². The van der Waals surface area contributed by atoms with Crippen molar-refractivity contribution in [2.75, 3.05) is 0 Å². The Morgan fingerprint density at radius 3 is 1.46 bits per heavy atom. The third kappa shape index (κ3) is 6.70. The lowest BCUT2D eigenvalue weighted by Gasteiger charge is -2.29. The molecule has 0 saturated heterocycles. The Morgan fingerprint density at radius 1 is 0.390 bits per heavy atom. The van der Waals surface area contributed by atoms with Crippen molar-refractivity contribution in [3.8, 4) is 33.4 Å². The molecule has 0 bridgehead atoms. The Bertz CT molecular complexity index is 3080. The second-order valence-electron chi connectivity index (χ2n) is 14.3. The second kappa shape index (κ2) is 16.7. The van der Waals surface area contributed by atoms with Crippen LogP contribution in [-0.4, -0.2) is 62.8 Å². The number of benzene rings is 9. The monoisotopic (exact) mass is 736 g/mol. The maximum absolute atomic E-state index is 7.09. The molecule has 0 amide bonds. The van der Waals surface area contributed by atoms with Gasteiger partial charge in [0.2, 0.25) is 0 Å². The van der Waals surface area contributed by atoms with Gasteiger partial charge in [-0.3, -0.25) is 0 Å². The molecule has 0 aliphatic heterocycles. The molecule has 0 aliphatic carbocycles. The van der Waals surface area contributed by atoms with Crippen LogP contribution in [0.3, 0.4) is 0 Å². The summed E-state index contributed by atoms with van der Waals surface area (Å²) < 4.78 is 0. The fraction of sp³-hybridized carbons (Fsp3) is 0.0980. The predicted octanol–water partition coefficient (Wildman–Crippen LogP) is 5.81. The molecule has 9 aromatic carbocycles. The van der Waals surface area contributed by atoms with Crippen molar-refractivity contribution in [3.05, 3.63) is 127 Å². The summed E-state index contributed by atoms with van der Waals surface area (Å²) in [4.78, 5) is 0. The van der Waals surface area contributed by atoms with E-state index in [2.05, 4.69) is 86.3 Å². The lowest BCUT2D eigenvalue weighted by atomic mass is 9.59. The van der Waals surface area contributed by atoms with E-state index >= 15 is 0 Å². The van der Waals surface area contributed by atoms with E-state index in [1.54, 1.807) is 0 Å². The third-order valence-electron chi connectivity index (χ3n) is 11.3. The van der Waals surface area contributed by atoms with Gasteiger partial charge in [-0.15, -0.1) is 21.9 Å². The summed E-state index contributed by atoms with van der Waals surface area (Å²) >= 11 is 0. The van der Waals surface area contributed by atoms with Crippen molar-refractivity contribution in [1.82, 2.24) is 0 Å². The molecule has 0 spiro atoms. The van der Waals surface area contributed by atoms with Gasteiger partial charge in [-0.2, -0.15) is 0 Å². The summed E-state index contributed by atoms with van der Waals surface area (Å²) in [6.07, 6.45) is 1.85. The number of aryl methyl sites for hydroxylation is 1. The van der Waals surface area contributed by atoms with Crippen LogP contribution in [0.15, 0.2) is 116 Å². The van der Waals surface area contributed by atoms with Crippen LogP contribution in [0.5, 0.6) is 0 Å². The minimum Gasteiger partial charge on any atom is -0.110 e. The van der Waals surface area contributed by atoms with Crippen molar-refractivity contribution in [3.63, 3.8) is 0 Å². The van der Waals surface area contributed by atoms with Gasteiger partial charge in [0.25, 0.3) is 0 Å². The number of hydrogen-bond acceptors (Lipinski definition) is 0. The lowest BCUT2D eigenvalue weighted by molar-refractivity contribution is 1.44. The van der Waals surface area contributed by atoms with Gasteiger partial charge in [-0.1, -0.05) is 153 Å². The molecular weight excluding hydrogens is 699 g/mol. The van der Waals surface area contributed by atoms with E-state index in [1.807, 2.05) is 70.2 Å². The Morgan fingerprint density at radius 2 is 0.898 bits per heavy atom. The highest BCUT2D eigenvalue weighted by atomic mass is 14.3. The zero-order chi connectivity index (χ0) is 42.4. The first-order valence-electron chi connectivity index (χ1n) is 20.0. The molecule has 59 heavy (non-hydrogen) atoms. The van der Waals surface area contributed by atoms with E-state index < -0.39 is 0 Å². The minimum absolute atomic E-state index is 0.175. The first kappa shape index (κ1) is 41.7. The van der Waals surface area contributed by atoms with Crippen molar-refractivity contribution in [1.29, 1.82) is 0 Å². The molecule has 9 aromatic rings. The van der Waals surface area contributed by atoms with Crippen molar-refractivity contribution in [2.24, 2.45) is 0 Å². The molecule has 0 heterocycles. The molecule has 0 aromatic heterocycles. The van der Waals surface area contributed by atoms with Gasteiger partial charge in [0.05, 0.1) is 0 Å². The summed E-state index contributed by atoms with van der Waals surface area (Å²) in [5.41, 5.74) is 8.92. The predicted molar refractivity (Wildman–Crippen MR) is 271 cm³/mol. The minimum atomic E-state index is 0.175. The van der Waals surface area contributed by atoms with Crippen LogP contribution in [0.1, 0.15) is 38.8 Å². The van der Waals surface area contributed by atoms with Crippen molar-refractivity contribution >= 4 is 166 Å². The maximum Gasteiger partial charge on any atom is 0.113 e. The SMILES string of the molecule is CC.CC.[B]c1c([B])c([B])c2c(-c3cccc4c3ccc3cc5ccccc5cc34)c3c([B])c([B])c([B])c([B])c3c(-c3cccc(-c4ccc(C=C)c(C)c4)c3)c2c1[B]. The third-order valence-corrected chi connectivity index (χ3v) is 11.3. The average molecular weight is 735 g/mol. The Balaban J connectivity index is 0.00000128. The Hall–Kier alpha value is -5.46. The molecule has 0 nitrogen and oxygen atoms in total. The van der Waals surface area contributed by atoms with Crippen LogP contribution in [0.25, 0.3) is 93.3 Å². The van der Waals surface area contributed by atoms with Crippen LogP contribution in [0, 0.1) is 6.92 Å². The van der Waals surface area contributed by atoms with Crippen LogP contribution < -0.4 is 43.7 Å². The first-order chi connectivity index (χ1) is 28.5. The van der Waals surface area contributed by atoms with E-state index in [9.17, 15) is 0 Å². The molecule has 0 atom stereocenters. The molecule has 16 radical (unpaired) electrons. The second-order valence-corrected chi connectivity index (χ2v) is 14.3. The summed E-state index contributed by atoms with van der Waals surface area (Å²) in [5, 5.41) is 8.87. The fourth-order valence-electron chi connectivity index (χ4n) is 8.44. The highest BCUT2D eigenvalue weighted by molar-refractivity contribution is 6.71. The first-order valence-corrected chi connectivity index (χ1v) is 20.0. The van der Waals surface area contributed by atoms with Crippen LogP contribution in [0.2, 0.25) is 0 Å². The fourth-order valence-corrected chi connectivity index (χ4v) is 8.44. The standard InChI is InChI=1S/C47H24B8.2C2H6/c1-3-23-14-15-27(18-22(23)2)25-10-6-11-29(20-25)34-36-38(42(50)46(54)44(52)40(36)48)35(39-37(34)41(49)45(53)47(55)43(39)51)32-13-7-12-30-31(32)17-16-28-19-24-8-4-5-9-26(24)21-33(28)30;2*1-2/h3-21H,1H2,2H3;2*1-2H3. The largest absolute Gasteiger partial charge is 0.113 e. The maximum atomic E-state index is 7.09. The summed E-state index contributed by atoms with van der Waals surface area (Å²) in [5.74, 6) is 0. The quantitative estimate of drug-likeness (QED) is 0.122. The summed E-state index contributed by atoms with van der Waals surface area (Å²) in [6, 6.07) is 37.7. The van der Waals surface area contributed by atoms with Gasteiger partial charge in [0.15, 0.2) is 0 Å². The number of hydrogen-bond donors (Lipinski definition) is 0. The lowest BCUT2D eigenvalue weighted by Crippen LogP contribution is -2.50. The highest BCUT2D eigenvalue weighted by Gasteiger charge is 2.25. The molecule has 264 valence electrons. The Kier molecular flexibility index (Phi) is 11.8. The normalized spacial score (nSPS) is 11.1. The van der Waals surface area contributed by atoms with Gasteiger partial charge >= 0.3 is 0 Å². The number of fused-ring (bicyclic) bond motifs is 6. The Labute approximate surface area is 359 Å².